The maximum absolute atomic E-state index is 13.2. The molecule has 7 heteroatoms. The molecule has 1 aliphatic rings. The normalized spacial score (nSPS) is 17.2. The van der Waals surface area contributed by atoms with Crippen molar-refractivity contribution in [1.29, 1.82) is 0 Å². The van der Waals surface area contributed by atoms with E-state index in [1.165, 1.54) is 7.11 Å². The lowest BCUT2D eigenvalue weighted by atomic mass is 10.0. The average Bonchev–Trinajstić information content (AvgIpc) is 3.40. The van der Waals surface area contributed by atoms with Gasteiger partial charge in [0, 0.05) is 6.54 Å². The quantitative estimate of drug-likeness (QED) is 0.778. The van der Waals surface area contributed by atoms with Gasteiger partial charge < -0.3 is 19.9 Å². The van der Waals surface area contributed by atoms with Gasteiger partial charge in [0.05, 0.1) is 25.0 Å². The van der Waals surface area contributed by atoms with Crippen LogP contribution in [0.1, 0.15) is 44.1 Å². The zero-order chi connectivity index (χ0) is 21.0. The molecular formula is C22H28N4O3. The minimum Gasteiger partial charge on any atom is -0.453 e. The predicted octanol–water partition coefficient (Wildman–Crippen LogP) is 3.76. The topological polar surface area (TPSA) is 87.3 Å². The Morgan fingerprint density at radius 2 is 2.07 bits per heavy atom. The first-order valence-electron chi connectivity index (χ1n) is 9.87. The van der Waals surface area contributed by atoms with E-state index in [1.807, 2.05) is 43.0 Å². The molecule has 2 heterocycles. The number of likely N-dealkylation sites (tertiary alicyclic amines) is 1. The van der Waals surface area contributed by atoms with Crippen LogP contribution in [0.25, 0.3) is 17.3 Å². The number of benzene rings is 1. The largest absolute Gasteiger partial charge is 0.453 e. The number of ether oxygens (including phenoxy) is 1. The van der Waals surface area contributed by atoms with Gasteiger partial charge in [0.1, 0.15) is 11.9 Å². The summed E-state index contributed by atoms with van der Waals surface area (Å²) in [6.07, 6.45) is 4.72. The average molecular weight is 396 g/mol. The van der Waals surface area contributed by atoms with Gasteiger partial charge in [-0.25, -0.2) is 9.78 Å². The van der Waals surface area contributed by atoms with Crippen molar-refractivity contribution in [3.05, 3.63) is 48.4 Å². The summed E-state index contributed by atoms with van der Waals surface area (Å²) in [5.74, 6) is 0.596. The SMILES string of the molecule is C=Cc1ccc(-c2cnc([C@@H]3CCCN3C(=O)[C@@H](NC(=O)OC)C(C)C)[nH]2)cc1. The number of imidazole rings is 1. The Labute approximate surface area is 171 Å². The number of rotatable bonds is 6. The third kappa shape index (κ3) is 4.50. The molecule has 0 radical (unpaired) electrons. The highest BCUT2D eigenvalue weighted by molar-refractivity contribution is 5.86. The third-order valence-electron chi connectivity index (χ3n) is 5.30. The molecule has 0 unspecified atom stereocenters. The number of nitrogens with zero attached hydrogens (tertiary/aromatic N) is 2. The number of nitrogens with one attached hydrogen (secondary N) is 2. The maximum atomic E-state index is 13.2. The summed E-state index contributed by atoms with van der Waals surface area (Å²) in [6, 6.07) is 7.26. The van der Waals surface area contributed by atoms with Crippen molar-refractivity contribution in [2.45, 2.75) is 38.8 Å². The van der Waals surface area contributed by atoms with E-state index in [9.17, 15) is 9.59 Å². The Balaban J connectivity index is 1.79. The van der Waals surface area contributed by atoms with Crippen LogP contribution in [0.15, 0.2) is 37.0 Å². The van der Waals surface area contributed by atoms with Crippen molar-refractivity contribution in [1.82, 2.24) is 20.2 Å². The molecule has 2 atom stereocenters. The van der Waals surface area contributed by atoms with Crippen molar-refractivity contribution in [3.8, 4) is 11.3 Å². The first-order valence-corrected chi connectivity index (χ1v) is 9.87. The van der Waals surface area contributed by atoms with Crippen LogP contribution in [0.4, 0.5) is 4.79 Å². The Kier molecular flexibility index (Phi) is 6.36. The van der Waals surface area contributed by atoms with Crippen molar-refractivity contribution in [2.24, 2.45) is 5.92 Å². The molecule has 29 heavy (non-hydrogen) atoms. The molecule has 0 saturated carbocycles. The van der Waals surface area contributed by atoms with Gasteiger partial charge in [-0.1, -0.05) is 50.8 Å². The van der Waals surface area contributed by atoms with Gasteiger partial charge in [0.15, 0.2) is 0 Å². The van der Waals surface area contributed by atoms with E-state index >= 15 is 0 Å². The Morgan fingerprint density at radius 3 is 2.69 bits per heavy atom. The monoisotopic (exact) mass is 396 g/mol. The smallest absolute Gasteiger partial charge is 0.407 e. The highest BCUT2D eigenvalue weighted by atomic mass is 16.5. The summed E-state index contributed by atoms with van der Waals surface area (Å²) in [6.45, 7) is 8.22. The van der Waals surface area contributed by atoms with E-state index in [0.29, 0.717) is 6.54 Å². The standard InChI is InChI=1S/C22H28N4O3/c1-5-15-8-10-16(11-9-15)17-13-23-20(24-17)18-7-6-12-26(18)21(27)19(14(2)3)25-22(28)29-4/h5,8-11,13-14,18-19H,1,6-7,12H2,2-4H3,(H,23,24)(H,25,28)/t18-,19-/m0/s1. The summed E-state index contributed by atoms with van der Waals surface area (Å²) in [5, 5.41) is 2.67. The minimum absolute atomic E-state index is 0.0570. The van der Waals surface area contributed by atoms with Gasteiger partial charge in [-0.2, -0.15) is 0 Å². The van der Waals surface area contributed by atoms with E-state index < -0.39 is 12.1 Å². The van der Waals surface area contributed by atoms with Crippen LogP contribution in [0, 0.1) is 5.92 Å². The summed E-state index contributed by atoms with van der Waals surface area (Å²) in [7, 11) is 1.29. The van der Waals surface area contributed by atoms with Gasteiger partial charge >= 0.3 is 6.09 Å². The van der Waals surface area contributed by atoms with Crippen LogP contribution in [0.5, 0.6) is 0 Å². The fourth-order valence-electron chi connectivity index (χ4n) is 3.64. The molecule has 1 saturated heterocycles. The molecule has 0 aliphatic carbocycles. The lowest BCUT2D eigenvalue weighted by molar-refractivity contribution is -0.135. The first-order chi connectivity index (χ1) is 13.9. The number of alkyl carbamates (subject to hydrolysis) is 1. The van der Waals surface area contributed by atoms with Crippen molar-refractivity contribution >= 4 is 18.1 Å². The predicted molar refractivity (Wildman–Crippen MR) is 112 cm³/mol. The Morgan fingerprint density at radius 1 is 1.34 bits per heavy atom. The molecule has 0 spiro atoms. The highest BCUT2D eigenvalue weighted by Gasteiger charge is 2.37. The Hall–Kier alpha value is -3.09. The molecule has 1 aromatic heterocycles. The fraction of sp³-hybridized carbons (Fsp3) is 0.409. The summed E-state index contributed by atoms with van der Waals surface area (Å²) >= 11 is 0. The van der Waals surface area contributed by atoms with Crippen LogP contribution >= 0.6 is 0 Å². The number of hydrogen-bond donors (Lipinski definition) is 2. The van der Waals surface area contributed by atoms with Crippen molar-refractivity contribution in [2.75, 3.05) is 13.7 Å². The first kappa shape index (κ1) is 20.6. The molecule has 1 aliphatic heterocycles. The number of carbonyl (C=O) groups is 2. The van der Waals surface area contributed by atoms with Gasteiger partial charge in [-0.05, 0) is 29.9 Å². The number of carbonyl (C=O) groups excluding carboxylic acids is 2. The Bertz CT molecular complexity index is 872. The van der Waals surface area contributed by atoms with Gasteiger partial charge in [-0.15, -0.1) is 0 Å². The molecular weight excluding hydrogens is 368 g/mol. The van der Waals surface area contributed by atoms with Crippen LogP contribution < -0.4 is 5.32 Å². The second-order valence-corrected chi connectivity index (χ2v) is 7.56. The lowest BCUT2D eigenvalue weighted by Crippen LogP contribution is -2.51. The zero-order valence-corrected chi connectivity index (χ0v) is 17.1. The second-order valence-electron chi connectivity index (χ2n) is 7.56. The van der Waals surface area contributed by atoms with Crippen LogP contribution in [0.2, 0.25) is 0 Å². The van der Waals surface area contributed by atoms with E-state index in [-0.39, 0.29) is 17.9 Å². The lowest BCUT2D eigenvalue weighted by Gasteiger charge is -2.30. The number of amides is 2. The summed E-state index contributed by atoms with van der Waals surface area (Å²) < 4.78 is 4.68. The molecule has 1 aromatic carbocycles. The molecule has 154 valence electrons. The summed E-state index contributed by atoms with van der Waals surface area (Å²) in [4.78, 5) is 34.6. The number of methoxy groups -OCH3 is 1. The minimum atomic E-state index is -0.635. The van der Waals surface area contributed by atoms with Crippen molar-refractivity contribution in [3.63, 3.8) is 0 Å². The van der Waals surface area contributed by atoms with Crippen molar-refractivity contribution < 1.29 is 14.3 Å². The molecule has 3 rings (SSSR count). The van der Waals surface area contributed by atoms with Gasteiger partial charge in [0.25, 0.3) is 0 Å². The molecule has 2 amide bonds. The van der Waals surface area contributed by atoms with Gasteiger partial charge in [-0.3, -0.25) is 4.79 Å². The molecule has 0 bridgehead atoms. The van der Waals surface area contributed by atoms with Crippen LogP contribution in [0.3, 0.4) is 0 Å². The number of hydrogen-bond acceptors (Lipinski definition) is 4. The van der Waals surface area contributed by atoms with E-state index in [4.69, 9.17) is 0 Å². The molecule has 7 nitrogen and oxygen atoms in total. The van der Waals surface area contributed by atoms with E-state index in [2.05, 4.69) is 26.6 Å². The molecule has 2 aromatic rings. The van der Waals surface area contributed by atoms with Crippen LogP contribution in [-0.4, -0.2) is 46.6 Å². The molecule has 2 N–H and O–H groups in total. The zero-order valence-electron chi connectivity index (χ0n) is 17.1. The second kappa shape index (κ2) is 8.94. The third-order valence-corrected chi connectivity index (χ3v) is 5.30. The van der Waals surface area contributed by atoms with Crippen LogP contribution in [-0.2, 0) is 9.53 Å². The summed E-state index contributed by atoms with van der Waals surface area (Å²) in [5.41, 5.74) is 2.99. The number of aromatic nitrogens is 2. The maximum Gasteiger partial charge on any atom is 0.407 e. The highest BCUT2D eigenvalue weighted by Crippen LogP contribution is 2.32. The number of aromatic amines is 1. The fourth-order valence-corrected chi connectivity index (χ4v) is 3.64. The number of H-pyrrole nitrogens is 1. The van der Waals surface area contributed by atoms with Gasteiger partial charge in [0.2, 0.25) is 5.91 Å². The molecule has 1 fully saturated rings. The van der Waals surface area contributed by atoms with E-state index in [0.717, 1.165) is 35.5 Å². The van der Waals surface area contributed by atoms with E-state index in [1.54, 1.807) is 12.3 Å².